The van der Waals surface area contributed by atoms with Crippen molar-refractivity contribution in [1.82, 2.24) is 30.2 Å². The normalized spacial score (nSPS) is 14.8. The number of halogens is 1. The van der Waals surface area contributed by atoms with E-state index in [2.05, 4.69) is 80.8 Å². The molecule has 0 radical (unpaired) electrons. The molecule has 38 heavy (non-hydrogen) atoms. The summed E-state index contributed by atoms with van der Waals surface area (Å²) in [6, 6.07) is 27.8. The fourth-order valence-electron chi connectivity index (χ4n) is 5.40. The molecule has 1 atom stereocenters. The Labute approximate surface area is 234 Å². The summed E-state index contributed by atoms with van der Waals surface area (Å²) in [7, 11) is 0. The van der Waals surface area contributed by atoms with Crippen molar-refractivity contribution < 1.29 is 0 Å². The summed E-state index contributed by atoms with van der Waals surface area (Å²) in [6.07, 6.45) is 7.17. The molecule has 0 spiro atoms. The number of rotatable bonds is 9. The van der Waals surface area contributed by atoms with Crippen LogP contribution in [0.2, 0.25) is 0 Å². The minimum Gasteiger partial charge on any atom is -0.341 e. The summed E-state index contributed by atoms with van der Waals surface area (Å²) in [6.45, 7) is 3.15. The minimum atomic E-state index is 0. The van der Waals surface area contributed by atoms with Gasteiger partial charge in [-0.15, -0.1) is 17.0 Å². The molecule has 0 aliphatic heterocycles. The van der Waals surface area contributed by atoms with Gasteiger partial charge < -0.3 is 10.3 Å². The van der Waals surface area contributed by atoms with Crippen LogP contribution in [0, 0.1) is 0 Å². The third kappa shape index (κ3) is 6.18. The van der Waals surface area contributed by atoms with Gasteiger partial charge in [0.05, 0.1) is 35.0 Å². The fourth-order valence-corrected chi connectivity index (χ4v) is 5.40. The molecule has 2 N–H and O–H groups in total. The molecule has 0 fully saturated rings. The van der Waals surface area contributed by atoms with Crippen LogP contribution in [0.3, 0.4) is 0 Å². The Kier molecular flexibility index (Phi) is 8.58. The predicted molar refractivity (Wildman–Crippen MR) is 157 cm³/mol. The molecule has 7 heteroatoms. The second-order valence-corrected chi connectivity index (χ2v) is 9.81. The molecule has 0 saturated carbocycles. The molecule has 0 amide bonds. The van der Waals surface area contributed by atoms with E-state index in [4.69, 9.17) is 9.97 Å². The summed E-state index contributed by atoms with van der Waals surface area (Å²) < 4.78 is 0. The average Bonchev–Trinajstić information content (AvgIpc) is 3.36. The minimum absolute atomic E-state index is 0. The number of nitrogens with zero attached hydrogens (tertiary/aromatic N) is 4. The van der Waals surface area contributed by atoms with Crippen LogP contribution in [0.25, 0.3) is 11.0 Å². The van der Waals surface area contributed by atoms with E-state index in [1.165, 1.54) is 28.8 Å². The molecule has 2 aromatic carbocycles. The Morgan fingerprint density at radius 1 is 0.842 bits per heavy atom. The summed E-state index contributed by atoms with van der Waals surface area (Å²) in [4.78, 5) is 20.2. The van der Waals surface area contributed by atoms with Crippen molar-refractivity contribution in [3.05, 3.63) is 125 Å². The number of fused-ring (bicyclic) bond motifs is 2. The number of aryl methyl sites for hydroxylation is 1. The van der Waals surface area contributed by atoms with E-state index in [9.17, 15) is 0 Å². The number of para-hydroxylation sites is 2. The number of pyridine rings is 2. The van der Waals surface area contributed by atoms with Crippen molar-refractivity contribution in [2.45, 2.75) is 51.5 Å². The lowest BCUT2D eigenvalue weighted by atomic mass is 9.90. The Morgan fingerprint density at radius 2 is 1.71 bits per heavy atom. The maximum Gasteiger partial charge on any atom is 0.121 e. The summed E-state index contributed by atoms with van der Waals surface area (Å²) in [5.41, 5.74) is 8.33. The Morgan fingerprint density at radius 3 is 2.61 bits per heavy atom. The summed E-state index contributed by atoms with van der Waals surface area (Å²) in [5.74, 6) is 0.998. The van der Waals surface area contributed by atoms with Gasteiger partial charge in [-0.3, -0.25) is 14.9 Å². The number of hydrogen-bond acceptors (Lipinski definition) is 5. The number of aromatic nitrogens is 4. The third-order valence-corrected chi connectivity index (χ3v) is 7.14. The van der Waals surface area contributed by atoms with Gasteiger partial charge in [0.15, 0.2) is 0 Å². The van der Waals surface area contributed by atoms with Crippen molar-refractivity contribution in [2.24, 2.45) is 0 Å². The highest BCUT2D eigenvalue weighted by molar-refractivity contribution is 8.93. The Balaban J connectivity index is 0.00000294. The van der Waals surface area contributed by atoms with Gasteiger partial charge in [0.2, 0.25) is 0 Å². The van der Waals surface area contributed by atoms with Gasteiger partial charge in [-0.1, -0.05) is 48.5 Å². The summed E-state index contributed by atoms with van der Waals surface area (Å²) in [5, 5.41) is 3.53. The van der Waals surface area contributed by atoms with Gasteiger partial charge in [0.1, 0.15) is 5.82 Å². The maximum absolute atomic E-state index is 4.90. The lowest BCUT2D eigenvalue weighted by Gasteiger charge is -2.34. The Bertz CT molecular complexity index is 1430. The smallest absolute Gasteiger partial charge is 0.121 e. The van der Waals surface area contributed by atoms with Gasteiger partial charge in [-0.2, -0.15) is 0 Å². The predicted octanol–water partition coefficient (Wildman–Crippen LogP) is 6.30. The molecule has 0 bridgehead atoms. The van der Waals surface area contributed by atoms with E-state index in [-0.39, 0.29) is 23.0 Å². The topological polar surface area (TPSA) is 69.7 Å². The van der Waals surface area contributed by atoms with Crippen LogP contribution >= 0.6 is 17.0 Å². The first-order valence-corrected chi connectivity index (χ1v) is 13.1. The van der Waals surface area contributed by atoms with Crippen LogP contribution in [-0.4, -0.2) is 24.8 Å². The number of nitrogens with one attached hydrogen (secondary N) is 2. The van der Waals surface area contributed by atoms with Gasteiger partial charge >= 0.3 is 0 Å². The van der Waals surface area contributed by atoms with E-state index in [1.54, 1.807) is 0 Å². The third-order valence-electron chi connectivity index (χ3n) is 7.14. The molecule has 6 rings (SSSR count). The zero-order valence-corrected chi connectivity index (χ0v) is 23.1. The molecular weight excluding hydrogens is 536 g/mol. The van der Waals surface area contributed by atoms with E-state index in [0.717, 1.165) is 61.6 Å². The molecule has 6 nitrogen and oxygen atoms in total. The zero-order chi connectivity index (χ0) is 24.9. The lowest BCUT2D eigenvalue weighted by Crippen LogP contribution is -2.32. The number of benzene rings is 2. The highest BCUT2D eigenvalue weighted by Crippen LogP contribution is 2.34. The number of aromatic amines is 1. The van der Waals surface area contributed by atoms with Crippen LogP contribution in [0.5, 0.6) is 0 Å². The molecular formula is C31H33BrN6. The lowest BCUT2D eigenvalue weighted by molar-refractivity contribution is 0.153. The molecule has 1 aliphatic rings. The monoisotopic (exact) mass is 568 g/mol. The van der Waals surface area contributed by atoms with Gasteiger partial charge in [-0.25, -0.2) is 4.98 Å². The van der Waals surface area contributed by atoms with Crippen LogP contribution in [0.4, 0.5) is 0 Å². The molecule has 0 saturated heterocycles. The second kappa shape index (κ2) is 12.4. The fraction of sp³-hybridized carbons (Fsp3) is 0.258. The summed E-state index contributed by atoms with van der Waals surface area (Å²) >= 11 is 0. The molecule has 3 heterocycles. The van der Waals surface area contributed by atoms with Crippen molar-refractivity contribution in [2.75, 3.05) is 0 Å². The SMILES string of the molecule is Br.c1ccc(CNCc2cccc(CN(Cc3nc4ccccc4[nH]3)C3CCCc4cccnc43)c2)nc1. The van der Waals surface area contributed by atoms with E-state index < -0.39 is 0 Å². The van der Waals surface area contributed by atoms with Crippen molar-refractivity contribution in [1.29, 1.82) is 0 Å². The van der Waals surface area contributed by atoms with E-state index in [0.29, 0.717) is 0 Å². The zero-order valence-electron chi connectivity index (χ0n) is 21.4. The standard InChI is InChI=1S/C31H32N6.BrH/c1-2-14-28-27(13-1)35-30(36-28)22-37(29-15-6-10-25-11-7-17-34-31(25)29)21-24-9-5-8-23(18-24)19-32-20-26-12-3-4-16-33-26;/h1-5,7-9,11-14,16-18,29,32H,6,10,15,19-22H2,(H,35,36);1H. The van der Waals surface area contributed by atoms with E-state index in [1.807, 2.05) is 30.6 Å². The van der Waals surface area contributed by atoms with Gasteiger partial charge in [0.25, 0.3) is 0 Å². The average molecular weight is 570 g/mol. The molecule has 1 aliphatic carbocycles. The van der Waals surface area contributed by atoms with Crippen LogP contribution < -0.4 is 5.32 Å². The molecule has 1 unspecified atom stereocenters. The number of hydrogen-bond donors (Lipinski definition) is 2. The van der Waals surface area contributed by atoms with Crippen molar-refractivity contribution in [3.63, 3.8) is 0 Å². The van der Waals surface area contributed by atoms with Crippen molar-refractivity contribution in [3.8, 4) is 0 Å². The highest BCUT2D eigenvalue weighted by atomic mass is 79.9. The molecule has 3 aromatic heterocycles. The largest absolute Gasteiger partial charge is 0.341 e. The maximum atomic E-state index is 4.90. The first kappa shape index (κ1) is 26.2. The van der Waals surface area contributed by atoms with E-state index >= 15 is 0 Å². The first-order chi connectivity index (χ1) is 18.3. The highest BCUT2D eigenvalue weighted by Gasteiger charge is 2.28. The van der Waals surface area contributed by atoms with Crippen LogP contribution in [0.15, 0.2) is 91.3 Å². The van der Waals surface area contributed by atoms with Crippen molar-refractivity contribution >= 4 is 28.0 Å². The quantitative estimate of drug-likeness (QED) is 0.218. The Hall–Kier alpha value is -3.39. The number of H-pyrrole nitrogens is 1. The molecule has 5 aromatic rings. The number of imidazole rings is 1. The molecule has 194 valence electrons. The van der Waals surface area contributed by atoms with Gasteiger partial charge in [-0.05, 0) is 66.3 Å². The van der Waals surface area contributed by atoms with Crippen LogP contribution in [-0.2, 0) is 32.6 Å². The van der Waals surface area contributed by atoms with Crippen LogP contribution in [0.1, 0.15) is 52.8 Å². The second-order valence-electron chi connectivity index (χ2n) is 9.81. The first-order valence-electron chi connectivity index (χ1n) is 13.1. The van der Waals surface area contributed by atoms with Gasteiger partial charge in [0, 0.05) is 32.0 Å².